The molecule has 10 heteroatoms. The van der Waals surface area contributed by atoms with E-state index in [0.29, 0.717) is 49.0 Å². The number of halogens is 5. The SMILES string of the molecule is [CH2]C(COC(=O)/C=C/c1ccc(C(F)(F)Oc2ccc(CCCCCC(F)(F)F)cc2)cc1)(Cc1ccc(N)cc1)Cc1ccc(N)cc1. The van der Waals surface area contributed by atoms with Crippen LogP contribution in [0.3, 0.4) is 0 Å². The van der Waals surface area contributed by atoms with Gasteiger partial charge in [0.15, 0.2) is 0 Å². The Bertz CT molecular complexity index is 1600. The van der Waals surface area contributed by atoms with Crippen LogP contribution in [0, 0.1) is 12.3 Å². The van der Waals surface area contributed by atoms with Crippen LogP contribution in [-0.2, 0) is 34.9 Å². The lowest BCUT2D eigenvalue weighted by Crippen LogP contribution is -2.30. The van der Waals surface area contributed by atoms with E-state index < -0.39 is 30.1 Å². The number of hydrogen-bond acceptors (Lipinski definition) is 5. The molecule has 259 valence electrons. The standard InChI is InChI=1S/C39H40F5N2O3/c1-37(25-30-8-17-33(45)18-9-30,26-31-10-19-34(46)20-11-31)27-48-36(47)23-14-29-6-15-32(16-7-29)39(43,44)49-35-21-12-28(13-22-35)5-3-2-4-24-38(40,41)42/h6-23H,1-5,24-27,45-46H2/b23-14+. The first-order valence-corrected chi connectivity index (χ1v) is 15.9. The van der Waals surface area contributed by atoms with Crippen LogP contribution in [0.4, 0.5) is 33.3 Å². The Kier molecular flexibility index (Phi) is 12.4. The van der Waals surface area contributed by atoms with Crippen LogP contribution in [0.15, 0.2) is 103 Å². The van der Waals surface area contributed by atoms with Crippen LogP contribution < -0.4 is 16.2 Å². The van der Waals surface area contributed by atoms with E-state index in [0.717, 1.165) is 16.7 Å². The number of hydrogen-bond donors (Lipinski definition) is 2. The molecule has 0 aliphatic rings. The van der Waals surface area contributed by atoms with E-state index in [1.54, 1.807) is 36.4 Å². The topological polar surface area (TPSA) is 87.6 Å². The summed E-state index contributed by atoms with van der Waals surface area (Å²) in [7, 11) is 0. The Morgan fingerprint density at radius 3 is 1.76 bits per heavy atom. The molecule has 0 heterocycles. The van der Waals surface area contributed by atoms with Gasteiger partial charge in [0.05, 0.1) is 12.2 Å². The first-order chi connectivity index (χ1) is 23.2. The van der Waals surface area contributed by atoms with Gasteiger partial charge in [-0.3, -0.25) is 0 Å². The van der Waals surface area contributed by atoms with Crippen molar-refractivity contribution < 1.29 is 36.2 Å². The number of aryl methyl sites for hydroxylation is 1. The van der Waals surface area contributed by atoms with Crippen LogP contribution in [0.1, 0.15) is 53.5 Å². The molecule has 0 saturated heterocycles. The second kappa shape index (κ2) is 16.5. The van der Waals surface area contributed by atoms with Crippen molar-refractivity contribution in [2.45, 2.75) is 57.2 Å². The van der Waals surface area contributed by atoms with Gasteiger partial charge in [-0.2, -0.15) is 22.0 Å². The summed E-state index contributed by atoms with van der Waals surface area (Å²) in [5.41, 5.74) is 15.2. The van der Waals surface area contributed by atoms with Gasteiger partial charge in [0.1, 0.15) is 5.75 Å². The molecule has 0 amide bonds. The number of unbranched alkanes of at least 4 members (excludes halogenated alkanes) is 2. The first kappa shape index (κ1) is 37.0. The summed E-state index contributed by atoms with van der Waals surface area (Å²) in [6.07, 6.45) is -3.27. The smallest absolute Gasteiger partial charge is 0.426 e. The zero-order valence-corrected chi connectivity index (χ0v) is 27.0. The molecule has 0 aromatic heterocycles. The molecule has 0 unspecified atom stereocenters. The molecular weight excluding hydrogens is 639 g/mol. The van der Waals surface area contributed by atoms with E-state index in [9.17, 15) is 26.7 Å². The lowest BCUT2D eigenvalue weighted by Gasteiger charge is -2.29. The molecule has 0 spiro atoms. The molecule has 0 atom stereocenters. The minimum atomic E-state index is -4.16. The zero-order chi connectivity index (χ0) is 35.5. The van der Waals surface area contributed by atoms with Gasteiger partial charge in [-0.1, -0.05) is 55.0 Å². The third kappa shape index (κ3) is 12.6. The fourth-order valence-electron chi connectivity index (χ4n) is 5.29. The number of nitrogens with two attached hydrogens (primary N) is 2. The lowest BCUT2D eigenvalue weighted by molar-refractivity contribution is -0.185. The number of esters is 1. The van der Waals surface area contributed by atoms with Gasteiger partial charge >= 0.3 is 18.3 Å². The predicted molar refractivity (Wildman–Crippen MR) is 183 cm³/mol. The highest BCUT2D eigenvalue weighted by Gasteiger charge is 2.34. The highest BCUT2D eigenvalue weighted by molar-refractivity contribution is 5.87. The quantitative estimate of drug-likeness (QED) is 0.0405. The van der Waals surface area contributed by atoms with E-state index in [-0.39, 0.29) is 24.3 Å². The number of benzene rings is 4. The summed E-state index contributed by atoms with van der Waals surface area (Å²) < 4.78 is 77.2. The Morgan fingerprint density at radius 2 is 1.22 bits per heavy atom. The monoisotopic (exact) mass is 679 g/mol. The largest absolute Gasteiger partial charge is 0.462 e. The molecule has 0 bridgehead atoms. The van der Waals surface area contributed by atoms with Gasteiger partial charge in [0, 0.05) is 29.3 Å². The van der Waals surface area contributed by atoms with Crippen molar-refractivity contribution in [3.63, 3.8) is 0 Å². The molecule has 4 N–H and O–H groups in total. The first-order valence-electron chi connectivity index (χ1n) is 15.9. The van der Waals surface area contributed by atoms with E-state index in [2.05, 4.69) is 6.92 Å². The molecule has 1 radical (unpaired) electrons. The van der Waals surface area contributed by atoms with Gasteiger partial charge in [0.25, 0.3) is 0 Å². The van der Waals surface area contributed by atoms with E-state index in [4.69, 9.17) is 20.9 Å². The highest BCUT2D eigenvalue weighted by Crippen LogP contribution is 2.33. The van der Waals surface area contributed by atoms with E-state index in [1.807, 2.05) is 24.3 Å². The highest BCUT2D eigenvalue weighted by atomic mass is 19.4. The third-order valence-corrected chi connectivity index (χ3v) is 7.89. The minimum Gasteiger partial charge on any atom is -0.462 e. The van der Waals surface area contributed by atoms with Crippen LogP contribution in [0.5, 0.6) is 5.75 Å². The zero-order valence-electron chi connectivity index (χ0n) is 27.0. The Morgan fingerprint density at radius 1 is 0.694 bits per heavy atom. The molecule has 49 heavy (non-hydrogen) atoms. The summed E-state index contributed by atoms with van der Waals surface area (Å²) >= 11 is 0. The van der Waals surface area contributed by atoms with Crippen LogP contribution in [-0.4, -0.2) is 18.8 Å². The van der Waals surface area contributed by atoms with Gasteiger partial charge in [-0.15, -0.1) is 0 Å². The van der Waals surface area contributed by atoms with Gasteiger partial charge in [-0.25, -0.2) is 4.79 Å². The van der Waals surface area contributed by atoms with Crippen LogP contribution in [0.25, 0.3) is 6.08 Å². The predicted octanol–water partition coefficient (Wildman–Crippen LogP) is 9.51. The van der Waals surface area contributed by atoms with Crippen LogP contribution in [0.2, 0.25) is 0 Å². The van der Waals surface area contributed by atoms with Crippen molar-refractivity contribution in [1.82, 2.24) is 0 Å². The van der Waals surface area contributed by atoms with Crippen molar-refractivity contribution in [1.29, 1.82) is 0 Å². The van der Waals surface area contributed by atoms with Crippen molar-refractivity contribution in [3.05, 3.63) is 138 Å². The van der Waals surface area contributed by atoms with Gasteiger partial charge in [0.2, 0.25) is 0 Å². The molecule has 0 fully saturated rings. The maximum atomic E-state index is 14.9. The molecule has 0 aliphatic heterocycles. The lowest BCUT2D eigenvalue weighted by atomic mass is 9.79. The average molecular weight is 680 g/mol. The van der Waals surface area contributed by atoms with E-state index in [1.165, 1.54) is 48.6 Å². The number of ether oxygens (including phenoxy) is 2. The number of carbonyl (C=O) groups excluding carboxylic acids is 1. The second-order valence-corrected chi connectivity index (χ2v) is 12.3. The number of alkyl halides is 5. The molecule has 0 saturated carbocycles. The molecule has 0 aliphatic carbocycles. The molecule has 5 nitrogen and oxygen atoms in total. The maximum Gasteiger partial charge on any atom is 0.426 e. The molecule has 4 aromatic rings. The number of rotatable bonds is 16. The third-order valence-electron chi connectivity index (χ3n) is 7.89. The van der Waals surface area contributed by atoms with E-state index >= 15 is 0 Å². The maximum absolute atomic E-state index is 14.9. The summed E-state index contributed by atoms with van der Waals surface area (Å²) in [4.78, 5) is 12.7. The number of anilines is 2. The summed E-state index contributed by atoms with van der Waals surface area (Å²) in [5.74, 6) is -0.656. The number of carbonyl (C=O) groups is 1. The Balaban J connectivity index is 1.30. The van der Waals surface area contributed by atoms with Crippen molar-refractivity contribution in [3.8, 4) is 5.75 Å². The molecular formula is C39H40F5N2O3. The van der Waals surface area contributed by atoms with Crippen molar-refractivity contribution in [2.75, 3.05) is 18.1 Å². The molecule has 4 rings (SSSR count). The van der Waals surface area contributed by atoms with Crippen LogP contribution >= 0.6 is 0 Å². The average Bonchev–Trinajstić information content (AvgIpc) is 3.05. The van der Waals surface area contributed by atoms with Gasteiger partial charge in [-0.05, 0) is 116 Å². The normalized spacial score (nSPS) is 12.3. The fraction of sp³-hybridized carbons (Fsp3) is 0.282. The minimum absolute atomic E-state index is 0.0242. The Labute approximate surface area is 283 Å². The second-order valence-electron chi connectivity index (χ2n) is 12.3. The molecule has 4 aromatic carbocycles. The summed E-state index contributed by atoms with van der Waals surface area (Å²) in [6, 6.07) is 26.2. The summed E-state index contributed by atoms with van der Waals surface area (Å²) in [6.45, 7) is 4.43. The number of nitrogen functional groups attached to an aromatic ring is 2. The summed E-state index contributed by atoms with van der Waals surface area (Å²) in [5, 5.41) is 0. The van der Waals surface area contributed by atoms with Crippen molar-refractivity contribution in [2.24, 2.45) is 5.41 Å². The van der Waals surface area contributed by atoms with Crippen molar-refractivity contribution >= 4 is 23.4 Å². The Hall–Kier alpha value is -4.86. The van der Waals surface area contributed by atoms with Gasteiger partial charge < -0.3 is 20.9 Å². The fourth-order valence-corrected chi connectivity index (χ4v) is 5.29.